The van der Waals surface area contributed by atoms with E-state index in [1.165, 1.54) is 44.9 Å². The summed E-state index contributed by atoms with van der Waals surface area (Å²) in [5, 5.41) is 0. The largest absolute Gasteiger partial charge is 0.573 e. The molecule has 0 radical (unpaired) electrons. The maximum Gasteiger partial charge on any atom is 0.573 e. The molecule has 2 aliphatic rings. The number of halogens is 5. The number of allylic oxidation sites excluding steroid dienone is 2. The summed E-state index contributed by atoms with van der Waals surface area (Å²) in [5.74, 6) is -1.72. The molecule has 31 heavy (non-hydrogen) atoms. The fraction of sp³-hybridized carbons (Fsp3) is 0.680. The van der Waals surface area contributed by atoms with Crippen LogP contribution < -0.4 is 4.74 Å². The van der Waals surface area contributed by atoms with Gasteiger partial charge >= 0.3 is 6.36 Å². The summed E-state index contributed by atoms with van der Waals surface area (Å²) in [6, 6.07) is 2.02. The first kappa shape index (κ1) is 24.1. The highest BCUT2D eigenvalue weighted by Gasteiger charge is 2.35. The van der Waals surface area contributed by atoms with Crippen LogP contribution in [0.5, 0.6) is 5.75 Å². The molecule has 0 heterocycles. The molecule has 6 heteroatoms. The van der Waals surface area contributed by atoms with Crippen LogP contribution in [0.15, 0.2) is 24.3 Å². The van der Waals surface area contributed by atoms with Gasteiger partial charge in [0.15, 0.2) is 11.6 Å². The predicted molar refractivity (Wildman–Crippen MR) is 112 cm³/mol. The molecular formula is C25H33F5O. The Morgan fingerprint density at radius 2 is 1.45 bits per heavy atom. The lowest BCUT2D eigenvalue weighted by molar-refractivity contribution is -0.276. The SMILES string of the molecule is C/C=C/CCC[C@H]1CC[C@H]([C@H]2CC[C@H](c3cc(F)c(OC(F)(F)F)c(F)c3)CC2)CC1. The molecule has 1 aromatic carbocycles. The first-order valence-corrected chi connectivity index (χ1v) is 11.6. The maximum atomic E-state index is 14.1. The van der Waals surface area contributed by atoms with Crippen molar-refractivity contribution in [2.75, 3.05) is 0 Å². The Morgan fingerprint density at radius 1 is 0.903 bits per heavy atom. The highest BCUT2D eigenvalue weighted by Crippen LogP contribution is 2.45. The second kappa shape index (κ2) is 10.8. The first-order chi connectivity index (χ1) is 14.8. The van der Waals surface area contributed by atoms with Crippen LogP contribution in [0.25, 0.3) is 0 Å². The molecule has 2 saturated carbocycles. The van der Waals surface area contributed by atoms with Crippen molar-refractivity contribution in [3.63, 3.8) is 0 Å². The van der Waals surface area contributed by atoms with Gasteiger partial charge in [-0.1, -0.05) is 31.4 Å². The lowest BCUT2D eigenvalue weighted by Gasteiger charge is -2.38. The van der Waals surface area contributed by atoms with E-state index in [-0.39, 0.29) is 5.92 Å². The van der Waals surface area contributed by atoms with Crippen molar-refractivity contribution in [1.29, 1.82) is 0 Å². The van der Waals surface area contributed by atoms with Crippen molar-refractivity contribution in [3.8, 4) is 5.75 Å². The summed E-state index contributed by atoms with van der Waals surface area (Å²) in [6.07, 6.45) is 11.8. The van der Waals surface area contributed by atoms with Crippen LogP contribution in [-0.2, 0) is 0 Å². The minimum Gasteiger partial charge on any atom is -0.399 e. The second-order valence-electron chi connectivity index (χ2n) is 9.25. The molecule has 0 unspecified atom stereocenters. The maximum absolute atomic E-state index is 14.1. The smallest absolute Gasteiger partial charge is 0.399 e. The van der Waals surface area contributed by atoms with Gasteiger partial charge in [0.05, 0.1) is 0 Å². The Hall–Kier alpha value is -1.59. The van der Waals surface area contributed by atoms with E-state index in [0.29, 0.717) is 11.5 Å². The average Bonchev–Trinajstić information content (AvgIpc) is 2.74. The van der Waals surface area contributed by atoms with E-state index in [4.69, 9.17) is 0 Å². The van der Waals surface area contributed by atoms with E-state index in [9.17, 15) is 22.0 Å². The number of unbranched alkanes of at least 4 members (excludes halogenated alkanes) is 1. The number of benzene rings is 1. The van der Waals surface area contributed by atoms with Crippen LogP contribution in [-0.4, -0.2) is 6.36 Å². The first-order valence-electron chi connectivity index (χ1n) is 11.6. The molecule has 2 aliphatic carbocycles. The monoisotopic (exact) mass is 444 g/mol. The summed E-state index contributed by atoms with van der Waals surface area (Å²) in [4.78, 5) is 0. The topological polar surface area (TPSA) is 9.23 Å². The standard InChI is InChI=1S/C25H33F5O/c1-2-3-4-5-6-17-7-9-18(10-8-17)19-11-13-20(14-12-19)21-15-22(26)24(23(27)16-21)31-25(28,29)30/h2-3,15-20H,4-14H2,1H3/b3-2+/t17-,18-,19-,20-. The van der Waals surface area contributed by atoms with Crippen LogP contribution in [0.1, 0.15) is 89.0 Å². The van der Waals surface area contributed by atoms with E-state index in [0.717, 1.165) is 49.7 Å². The lowest BCUT2D eigenvalue weighted by Crippen LogP contribution is -2.25. The van der Waals surface area contributed by atoms with Gasteiger partial charge in [-0.3, -0.25) is 0 Å². The zero-order valence-corrected chi connectivity index (χ0v) is 18.2. The Balaban J connectivity index is 1.48. The van der Waals surface area contributed by atoms with Gasteiger partial charge in [0, 0.05) is 0 Å². The Bertz CT molecular complexity index is 703. The van der Waals surface area contributed by atoms with Gasteiger partial charge in [-0.25, -0.2) is 8.78 Å². The molecule has 0 aromatic heterocycles. The van der Waals surface area contributed by atoms with Crippen LogP contribution in [0, 0.1) is 29.4 Å². The van der Waals surface area contributed by atoms with Gasteiger partial charge in [0.2, 0.25) is 5.75 Å². The minimum absolute atomic E-state index is 0.0110. The molecule has 3 rings (SSSR count). The molecule has 0 saturated heterocycles. The Labute approximate surface area is 182 Å². The van der Waals surface area contributed by atoms with Crippen molar-refractivity contribution >= 4 is 0 Å². The molecule has 174 valence electrons. The molecule has 0 amide bonds. The third-order valence-electron chi connectivity index (χ3n) is 7.26. The van der Waals surface area contributed by atoms with Gasteiger partial charge in [-0.05, 0) is 99.7 Å². The quantitative estimate of drug-likeness (QED) is 0.232. The predicted octanol–water partition coefficient (Wildman–Crippen LogP) is 8.69. The van der Waals surface area contributed by atoms with E-state index in [2.05, 4.69) is 23.8 Å². The summed E-state index contributed by atoms with van der Waals surface area (Å²) in [5.41, 5.74) is 0.438. The zero-order chi connectivity index (χ0) is 22.4. The summed E-state index contributed by atoms with van der Waals surface area (Å²) in [7, 11) is 0. The molecular weight excluding hydrogens is 411 g/mol. The second-order valence-corrected chi connectivity index (χ2v) is 9.25. The number of ether oxygens (including phenoxy) is 1. The highest BCUT2D eigenvalue weighted by atomic mass is 19.4. The third-order valence-corrected chi connectivity index (χ3v) is 7.26. The van der Waals surface area contributed by atoms with Crippen molar-refractivity contribution in [2.45, 2.75) is 89.8 Å². The van der Waals surface area contributed by atoms with E-state index in [1.807, 2.05) is 0 Å². The molecule has 2 fully saturated rings. The lowest BCUT2D eigenvalue weighted by atomic mass is 9.68. The van der Waals surface area contributed by atoms with Crippen LogP contribution >= 0.6 is 0 Å². The molecule has 0 bridgehead atoms. The number of hydrogen-bond donors (Lipinski definition) is 0. The molecule has 0 N–H and O–H groups in total. The van der Waals surface area contributed by atoms with E-state index >= 15 is 0 Å². The van der Waals surface area contributed by atoms with E-state index in [1.54, 1.807) is 0 Å². The van der Waals surface area contributed by atoms with Gasteiger partial charge < -0.3 is 4.74 Å². The van der Waals surface area contributed by atoms with Crippen LogP contribution in [0.4, 0.5) is 22.0 Å². The van der Waals surface area contributed by atoms with Gasteiger partial charge in [-0.2, -0.15) is 0 Å². The number of rotatable bonds is 7. The van der Waals surface area contributed by atoms with Crippen molar-refractivity contribution in [1.82, 2.24) is 0 Å². The number of hydrogen-bond acceptors (Lipinski definition) is 1. The van der Waals surface area contributed by atoms with Gasteiger partial charge in [0.25, 0.3) is 0 Å². The van der Waals surface area contributed by atoms with Gasteiger partial charge in [-0.15, -0.1) is 13.2 Å². The summed E-state index contributed by atoms with van der Waals surface area (Å²) >= 11 is 0. The van der Waals surface area contributed by atoms with Crippen molar-refractivity contribution < 1.29 is 26.7 Å². The summed E-state index contributed by atoms with van der Waals surface area (Å²) < 4.78 is 68.6. The number of alkyl halides is 3. The van der Waals surface area contributed by atoms with Crippen molar-refractivity contribution in [3.05, 3.63) is 41.5 Å². The zero-order valence-electron chi connectivity index (χ0n) is 18.2. The molecule has 0 spiro atoms. The fourth-order valence-corrected chi connectivity index (χ4v) is 5.59. The third kappa shape index (κ3) is 6.95. The normalized spacial score (nSPS) is 27.5. The van der Waals surface area contributed by atoms with E-state index < -0.39 is 23.7 Å². The Kier molecular flexibility index (Phi) is 8.40. The van der Waals surface area contributed by atoms with Crippen LogP contribution in [0.2, 0.25) is 0 Å². The summed E-state index contributed by atoms with van der Waals surface area (Å²) in [6.45, 7) is 2.06. The molecule has 1 nitrogen and oxygen atoms in total. The van der Waals surface area contributed by atoms with Gasteiger partial charge in [0.1, 0.15) is 0 Å². The average molecular weight is 445 g/mol. The molecule has 0 atom stereocenters. The van der Waals surface area contributed by atoms with Crippen molar-refractivity contribution in [2.24, 2.45) is 17.8 Å². The highest BCUT2D eigenvalue weighted by molar-refractivity contribution is 5.33. The molecule has 1 aromatic rings. The van der Waals surface area contributed by atoms with Crippen LogP contribution in [0.3, 0.4) is 0 Å². The Morgan fingerprint density at radius 3 is 1.97 bits per heavy atom. The minimum atomic E-state index is -5.12. The molecule has 0 aliphatic heterocycles. The fourth-order valence-electron chi connectivity index (χ4n) is 5.59.